The predicted octanol–water partition coefficient (Wildman–Crippen LogP) is 2.39. The van der Waals surface area contributed by atoms with Crippen molar-refractivity contribution < 1.29 is 4.79 Å². The van der Waals surface area contributed by atoms with Gasteiger partial charge in [-0.15, -0.1) is 0 Å². The minimum absolute atomic E-state index is 0.150. The van der Waals surface area contributed by atoms with Crippen LogP contribution in [0.2, 0.25) is 0 Å². The van der Waals surface area contributed by atoms with Crippen LogP contribution in [-0.4, -0.2) is 55.1 Å². The van der Waals surface area contributed by atoms with E-state index in [4.69, 9.17) is 0 Å². The van der Waals surface area contributed by atoms with E-state index in [9.17, 15) is 4.79 Å². The molecule has 2 aliphatic heterocycles. The lowest BCUT2D eigenvalue weighted by atomic mass is 10.1. The molecule has 1 aromatic rings. The number of likely N-dealkylation sites (N-methyl/N-ethyl adjacent to an activating group) is 1. The van der Waals surface area contributed by atoms with Crippen molar-refractivity contribution in [2.24, 2.45) is 0 Å². The smallest absolute Gasteiger partial charge is 0.318 e. The van der Waals surface area contributed by atoms with E-state index in [0.29, 0.717) is 12.1 Å². The first kappa shape index (κ1) is 12.9. The summed E-state index contributed by atoms with van der Waals surface area (Å²) in [5.74, 6) is 0. The molecule has 2 aliphatic rings. The van der Waals surface area contributed by atoms with Gasteiger partial charge in [-0.3, -0.25) is 4.90 Å². The molecule has 0 spiro atoms. The van der Waals surface area contributed by atoms with Gasteiger partial charge in [0, 0.05) is 29.3 Å². The van der Waals surface area contributed by atoms with Crippen molar-refractivity contribution >= 4 is 27.6 Å². The van der Waals surface area contributed by atoms with Gasteiger partial charge < -0.3 is 9.80 Å². The van der Waals surface area contributed by atoms with Crippen molar-refractivity contribution in [1.29, 1.82) is 0 Å². The molecule has 2 amide bonds. The Bertz CT molecular complexity index is 488. The number of halogens is 1. The van der Waals surface area contributed by atoms with Crippen LogP contribution in [0.15, 0.2) is 28.7 Å². The number of hydrogen-bond donors (Lipinski definition) is 0. The molecule has 2 atom stereocenters. The summed E-state index contributed by atoms with van der Waals surface area (Å²) in [5.41, 5.74) is 0.990. The second-order valence-electron chi connectivity index (χ2n) is 5.53. The number of nitrogens with zero attached hydrogens (tertiary/aromatic N) is 3. The van der Waals surface area contributed by atoms with Crippen LogP contribution in [0, 0.1) is 0 Å². The number of carbonyl (C=O) groups excluding carboxylic acids is 1. The van der Waals surface area contributed by atoms with E-state index in [2.05, 4.69) is 34.9 Å². The van der Waals surface area contributed by atoms with Crippen molar-refractivity contribution in [3.8, 4) is 0 Å². The first-order chi connectivity index (χ1) is 9.06. The lowest BCUT2D eigenvalue weighted by Crippen LogP contribution is -2.37. The monoisotopic (exact) mass is 323 g/mol. The highest BCUT2D eigenvalue weighted by Gasteiger charge is 2.44. The molecule has 19 heavy (non-hydrogen) atoms. The molecule has 0 bridgehead atoms. The normalized spacial score (nSPS) is 26.4. The Morgan fingerprint density at radius 1 is 1.21 bits per heavy atom. The maximum absolute atomic E-state index is 12.5. The summed E-state index contributed by atoms with van der Waals surface area (Å²) in [6.07, 6.45) is 1.08. The van der Waals surface area contributed by atoms with E-state index in [1.165, 1.54) is 0 Å². The first-order valence-electron chi connectivity index (χ1n) is 6.56. The van der Waals surface area contributed by atoms with Crippen molar-refractivity contribution in [2.75, 3.05) is 32.1 Å². The molecule has 4 nitrogen and oxygen atoms in total. The fourth-order valence-electron chi connectivity index (χ4n) is 2.95. The Kier molecular flexibility index (Phi) is 3.27. The molecule has 0 aliphatic carbocycles. The van der Waals surface area contributed by atoms with Gasteiger partial charge in [0.1, 0.15) is 0 Å². The number of carbonyl (C=O) groups is 1. The summed E-state index contributed by atoms with van der Waals surface area (Å²) in [5, 5.41) is 0. The zero-order valence-electron chi connectivity index (χ0n) is 11.2. The van der Waals surface area contributed by atoms with Crippen LogP contribution in [0.1, 0.15) is 6.42 Å². The highest BCUT2D eigenvalue weighted by molar-refractivity contribution is 9.10. The van der Waals surface area contributed by atoms with E-state index < -0.39 is 0 Å². The van der Waals surface area contributed by atoms with Crippen molar-refractivity contribution in [3.63, 3.8) is 0 Å². The quantitative estimate of drug-likeness (QED) is 0.835. The average Bonchev–Trinajstić information content (AvgIpc) is 2.91. The van der Waals surface area contributed by atoms with Gasteiger partial charge in [-0.05, 0) is 44.8 Å². The number of urea groups is 1. The molecule has 2 fully saturated rings. The Balaban J connectivity index is 1.76. The van der Waals surface area contributed by atoms with E-state index in [-0.39, 0.29) is 6.03 Å². The molecule has 3 rings (SSSR count). The fourth-order valence-corrected chi connectivity index (χ4v) is 3.22. The number of rotatable bonds is 2. The van der Waals surface area contributed by atoms with Crippen LogP contribution in [-0.2, 0) is 0 Å². The molecule has 2 saturated heterocycles. The van der Waals surface area contributed by atoms with Gasteiger partial charge in [0.15, 0.2) is 0 Å². The molecule has 0 N–H and O–H groups in total. The van der Waals surface area contributed by atoms with Crippen molar-refractivity contribution in [3.05, 3.63) is 28.7 Å². The van der Waals surface area contributed by atoms with Gasteiger partial charge in [0.2, 0.25) is 0 Å². The van der Waals surface area contributed by atoms with E-state index >= 15 is 0 Å². The SMILES string of the molecule is CN(C)[C@H]1C[C@H]2CN(c3ccc(Br)cc3)C(=O)N2C1. The maximum Gasteiger partial charge on any atom is 0.324 e. The molecule has 0 saturated carbocycles. The van der Waals surface area contributed by atoms with E-state index in [1.54, 1.807) is 0 Å². The number of fused-ring (bicyclic) bond motifs is 1. The second kappa shape index (κ2) is 4.80. The predicted molar refractivity (Wildman–Crippen MR) is 79.5 cm³/mol. The third-order valence-corrected chi connectivity index (χ3v) is 4.66. The van der Waals surface area contributed by atoms with Gasteiger partial charge in [-0.2, -0.15) is 0 Å². The van der Waals surface area contributed by atoms with Gasteiger partial charge in [-0.25, -0.2) is 4.79 Å². The molecule has 0 radical (unpaired) electrons. The summed E-state index contributed by atoms with van der Waals surface area (Å²) in [4.78, 5) is 18.6. The van der Waals surface area contributed by atoms with Crippen LogP contribution in [0.3, 0.4) is 0 Å². The Labute approximate surface area is 122 Å². The summed E-state index contributed by atoms with van der Waals surface area (Å²) in [6, 6.07) is 8.96. The molecule has 102 valence electrons. The van der Waals surface area contributed by atoms with Crippen LogP contribution in [0.4, 0.5) is 10.5 Å². The van der Waals surface area contributed by atoms with Crippen molar-refractivity contribution in [1.82, 2.24) is 9.80 Å². The third kappa shape index (κ3) is 2.25. The van der Waals surface area contributed by atoms with Crippen LogP contribution < -0.4 is 4.90 Å². The highest BCUT2D eigenvalue weighted by atomic mass is 79.9. The molecule has 1 aromatic carbocycles. The Hall–Kier alpha value is -1.07. The standard InChI is InChI=1S/C14H18BrN3O/c1-16(2)12-7-13-9-17(14(19)18(13)8-12)11-5-3-10(15)4-6-11/h3-6,12-13H,7-9H2,1-2H3/t12-,13-/m0/s1. The van der Waals surface area contributed by atoms with Gasteiger partial charge in [0.05, 0.1) is 6.04 Å². The highest BCUT2D eigenvalue weighted by Crippen LogP contribution is 2.31. The maximum atomic E-state index is 12.5. The zero-order chi connectivity index (χ0) is 13.6. The van der Waals surface area contributed by atoms with Gasteiger partial charge in [-0.1, -0.05) is 15.9 Å². The van der Waals surface area contributed by atoms with Crippen LogP contribution in [0.25, 0.3) is 0 Å². The Morgan fingerprint density at radius 3 is 2.47 bits per heavy atom. The summed E-state index contributed by atoms with van der Waals surface area (Å²) < 4.78 is 1.04. The van der Waals surface area contributed by atoms with E-state index in [0.717, 1.165) is 29.7 Å². The van der Waals surface area contributed by atoms with Crippen LogP contribution in [0.5, 0.6) is 0 Å². The number of benzene rings is 1. The lowest BCUT2D eigenvalue weighted by Gasteiger charge is -2.22. The largest absolute Gasteiger partial charge is 0.324 e. The molecular formula is C14H18BrN3O. The fraction of sp³-hybridized carbons (Fsp3) is 0.500. The molecule has 0 unspecified atom stereocenters. The lowest BCUT2D eigenvalue weighted by molar-refractivity contribution is 0.214. The second-order valence-corrected chi connectivity index (χ2v) is 6.44. The first-order valence-corrected chi connectivity index (χ1v) is 7.35. The average molecular weight is 324 g/mol. The van der Waals surface area contributed by atoms with E-state index in [1.807, 2.05) is 34.1 Å². The number of anilines is 1. The Morgan fingerprint density at radius 2 is 1.89 bits per heavy atom. The minimum atomic E-state index is 0.150. The molecular weight excluding hydrogens is 306 g/mol. The van der Waals surface area contributed by atoms with Crippen LogP contribution >= 0.6 is 15.9 Å². The number of hydrogen-bond acceptors (Lipinski definition) is 2. The molecule has 2 heterocycles. The van der Waals surface area contributed by atoms with Gasteiger partial charge in [0.25, 0.3) is 0 Å². The summed E-state index contributed by atoms with van der Waals surface area (Å²) >= 11 is 3.42. The minimum Gasteiger partial charge on any atom is -0.318 e. The molecule has 0 aromatic heterocycles. The van der Waals surface area contributed by atoms with Crippen molar-refractivity contribution in [2.45, 2.75) is 18.5 Å². The third-order valence-electron chi connectivity index (χ3n) is 4.13. The topological polar surface area (TPSA) is 26.8 Å². The summed E-state index contributed by atoms with van der Waals surface area (Å²) in [6.45, 7) is 1.66. The number of amides is 2. The summed E-state index contributed by atoms with van der Waals surface area (Å²) in [7, 11) is 4.17. The molecule has 5 heteroatoms. The van der Waals surface area contributed by atoms with Gasteiger partial charge >= 0.3 is 6.03 Å². The zero-order valence-corrected chi connectivity index (χ0v) is 12.8.